The summed E-state index contributed by atoms with van der Waals surface area (Å²) in [6.07, 6.45) is 0. The standard InChI is InChI=1S/C24H22FN3O2/c25-20-4-2-1-3-16(20)17-7-8-19(24(26)29)23-22(17)18-6-5-15(13-21(18)27-23)14-28-9-11-30-12-10-28/h1-8,13,27H,9-12,14H2,(H2,26,29). The summed E-state index contributed by atoms with van der Waals surface area (Å²) >= 11 is 0. The maximum Gasteiger partial charge on any atom is 0.250 e. The molecule has 0 saturated carbocycles. The number of nitrogens with zero attached hydrogens (tertiary/aromatic N) is 1. The molecule has 0 spiro atoms. The van der Waals surface area contributed by atoms with E-state index in [4.69, 9.17) is 10.5 Å². The molecule has 4 aromatic rings. The molecule has 1 saturated heterocycles. The van der Waals surface area contributed by atoms with Gasteiger partial charge in [0.2, 0.25) is 0 Å². The zero-order chi connectivity index (χ0) is 20.7. The molecule has 0 radical (unpaired) electrons. The summed E-state index contributed by atoms with van der Waals surface area (Å²) in [6.45, 7) is 4.16. The fourth-order valence-electron chi connectivity index (χ4n) is 4.29. The van der Waals surface area contributed by atoms with Crippen LogP contribution in [0.25, 0.3) is 32.9 Å². The van der Waals surface area contributed by atoms with Crippen molar-refractivity contribution in [3.63, 3.8) is 0 Å². The number of ether oxygens (including phenoxy) is 1. The molecule has 5 nitrogen and oxygen atoms in total. The lowest BCUT2D eigenvalue weighted by Gasteiger charge is -2.26. The number of amides is 1. The number of aromatic nitrogens is 1. The number of morpholine rings is 1. The second-order valence-corrected chi connectivity index (χ2v) is 7.65. The highest BCUT2D eigenvalue weighted by molar-refractivity contribution is 6.19. The van der Waals surface area contributed by atoms with Gasteiger partial charge in [0.15, 0.2) is 0 Å². The van der Waals surface area contributed by atoms with Crippen molar-refractivity contribution in [2.24, 2.45) is 5.73 Å². The zero-order valence-corrected chi connectivity index (χ0v) is 16.5. The number of rotatable bonds is 4. The second kappa shape index (κ2) is 7.55. The molecule has 0 atom stereocenters. The monoisotopic (exact) mass is 403 g/mol. The van der Waals surface area contributed by atoms with Crippen LogP contribution in [0, 0.1) is 5.82 Å². The smallest absolute Gasteiger partial charge is 0.250 e. The van der Waals surface area contributed by atoms with Crippen LogP contribution in [0.3, 0.4) is 0 Å². The Hall–Kier alpha value is -3.22. The third kappa shape index (κ3) is 3.24. The molecule has 0 bridgehead atoms. The number of carbonyl (C=O) groups is 1. The van der Waals surface area contributed by atoms with Crippen LogP contribution in [0.1, 0.15) is 15.9 Å². The minimum absolute atomic E-state index is 0.302. The van der Waals surface area contributed by atoms with Crippen LogP contribution < -0.4 is 5.73 Å². The van der Waals surface area contributed by atoms with Crippen LogP contribution in [0.5, 0.6) is 0 Å². The Balaban J connectivity index is 1.69. The summed E-state index contributed by atoms with van der Waals surface area (Å²) in [5, 5.41) is 1.75. The number of aromatic amines is 1. The first-order valence-electron chi connectivity index (χ1n) is 10.0. The molecular formula is C24H22FN3O2. The van der Waals surface area contributed by atoms with E-state index in [0.29, 0.717) is 16.6 Å². The molecule has 1 aromatic heterocycles. The number of carbonyl (C=O) groups excluding carboxylic acids is 1. The molecule has 1 fully saturated rings. The Labute approximate surface area is 173 Å². The molecule has 1 aliphatic rings. The Morgan fingerprint density at radius 1 is 1.07 bits per heavy atom. The number of halogens is 1. The van der Waals surface area contributed by atoms with E-state index in [9.17, 15) is 9.18 Å². The maximum atomic E-state index is 14.6. The summed E-state index contributed by atoms with van der Waals surface area (Å²) in [5.74, 6) is -0.816. The van der Waals surface area contributed by atoms with Gasteiger partial charge in [0.25, 0.3) is 5.91 Å². The van der Waals surface area contributed by atoms with Crippen LogP contribution in [-0.4, -0.2) is 42.1 Å². The third-order valence-electron chi connectivity index (χ3n) is 5.76. The fourth-order valence-corrected chi connectivity index (χ4v) is 4.29. The SMILES string of the molecule is NC(=O)c1ccc(-c2ccccc2F)c2c1[nH]c1cc(CN3CCOCC3)ccc12. The van der Waals surface area contributed by atoms with E-state index in [0.717, 1.165) is 54.7 Å². The number of fused-ring (bicyclic) bond motifs is 3. The van der Waals surface area contributed by atoms with Gasteiger partial charge in [-0.25, -0.2) is 4.39 Å². The van der Waals surface area contributed by atoms with E-state index in [1.54, 1.807) is 24.3 Å². The lowest BCUT2D eigenvalue weighted by Crippen LogP contribution is -2.35. The second-order valence-electron chi connectivity index (χ2n) is 7.65. The number of hydrogen-bond donors (Lipinski definition) is 2. The molecule has 5 rings (SSSR count). The summed E-state index contributed by atoms with van der Waals surface area (Å²) in [7, 11) is 0. The van der Waals surface area contributed by atoms with Crippen LogP contribution in [0.2, 0.25) is 0 Å². The van der Waals surface area contributed by atoms with Crippen molar-refractivity contribution < 1.29 is 13.9 Å². The Morgan fingerprint density at radius 3 is 2.63 bits per heavy atom. The van der Waals surface area contributed by atoms with Crippen LogP contribution >= 0.6 is 0 Å². The van der Waals surface area contributed by atoms with E-state index in [1.807, 2.05) is 12.1 Å². The molecule has 3 N–H and O–H groups in total. The van der Waals surface area contributed by atoms with Crippen molar-refractivity contribution in [3.05, 3.63) is 71.5 Å². The van der Waals surface area contributed by atoms with Gasteiger partial charge in [-0.15, -0.1) is 0 Å². The fraction of sp³-hybridized carbons (Fsp3) is 0.208. The minimum atomic E-state index is -0.514. The minimum Gasteiger partial charge on any atom is -0.379 e. The van der Waals surface area contributed by atoms with Gasteiger partial charge in [0.1, 0.15) is 5.82 Å². The summed E-state index contributed by atoms with van der Waals surface area (Å²) in [4.78, 5) is 17.8. The topological polar surface area (TPSA) is 71.4 Å². The van der Waals surface area contributed by atoms with E-state index in [-0.39, 0.29) is 5.82 Å². The molecule has 1 amide bonds. The van der Waals surface area contributed by atoms with Crippen molar-refractivity contribution >= 4 is 27.7 Å². The molecule has 30 heavy (non-hydrogen) atoms. The third-order valence-corrected chi connectivity index (χ3v) is 5.76. The Kier molecular flexibility index (Phi) is 4.73. The molecule has 3 aromatic carbocycles. The van der Waals surface area contributed by atoms with E-state index in [2.05, 4.69) is 22.0 Å². The average molecular weight is 403 g/mol. The lowest BCUT2D eigenvalue weighted by molar-refractivity contribution is 0.0342. The number of nitrogens with two attached hydrogens (primary N) is 1. The zero-order valence-electron chi connectivity index (χ0n) is 16.5. The highest BCUT2D eigenvalue weighted by Gasteiger charge is 2.19. The van der Waals surface area contributed by atoms with Gasteiger partial charge >= 0.3 is 0 Å². The predicted molar refractivity (Wildman–Crippen MR) is 116 cm³/mol. The van der Waals surface area contributed by atoms with E-state index >= 15 is 0 Å². The highest BCUT2D eigenvalue weighted by Crippen LogP contribution is 2.37. The summed E-state index contributed by atoms with van der Waals surface area (Å²) in [5.41, 5.74) is 9.97. The predicted octanol–water partition coefficient (Wildman–Crippen LogP) is 4.06. The van der Waals surface area contributed by atoms with Crippen molar-refractivity contribution in [1.82, 2.24) is 9.88 Å². The Bertz CT molecular complexity index is 1260. The molecule has 0 unspecified atom stereocenters. The number of benzene rings is 3. The van der Waals surface area contributed by atoms with Gasteiger partial charge in [-0.2, -0.15) is 0 Å². The molecule has 1 aliphatic heterocycles. The van der Waals surface area contributed by atoms with Crippen LogP contribution in [-0.2, 0) is 11.3 Å². The number of nitrogens with one attached hydrogen (secondary N) is 1. The molecule has 2 heterocycles. The first-order chi connectivity index (χ1) is 14.6. The van der Waals surface area contributed by atoms with Gasteiger partial charge in [0.05, 0.1) is 24.3 Å². The Morgan fingerprint density at radius 2 is 1.87 bits per heavy atom. The quantitative estimate of drug-likeness (QED) is 0.540. The lowest BCUT2D eigenvalue weighted by atomic mass is 9.96. The van der Waals surface area contributed by atoms with E-state index < -0.39 is 5.91 Å². The van der Waals surface area contributed by atoms with Gasteiger partial charge in [-0.05, 0) is 29.3 Å². The first kappa shape index (κ1) is 18.8. The molecule has 0 aliphatic carbocycles. The van der Waals surface area contributed by atoms with Crippen molar-refractivity contribution in [3.8, 4) is 11.1 Å². The average Bonchev–Trinajstić information content (AvgIpc) is 3.13. The van der Waals surface area contributed by atoms with Crippen molar-refractivity contribution in [2.45, 2.75) is 6.54 Å². The van der Waals surface area contributed by atoms with Gasteiger partial charge in [-0.1, -0.05) is 36.4 Å². The largest absolute Gasteiger partial charge is 0.379 e. The van der Waals surface area contributed by atoms with Crippen LogP contribution in [0.4, 0.5) is 4.39 Å². The molecule has 6 heteroatoms. The molecular weight excluding hydrogens is 381 g/mol. The number of hydrogen-bond acceptors (Lipinski definition) is 3. The van der Waals surface area contributed by atoms with E-state index in [1.165, 1.54) is 11.6 Å². The number of primary amides is 1. The highest BCUT2D eigenvalue weighted by atomic mass is 19.1. The first-order valence-corrected chi connectivity index (χ1v) is 10.0. The maximum absolute atomic E-state index is 14.6. The van der Waals surface area contributed by atoms with Gasteiger partial charge in [0, 0.05) is 41.5 Å². The number of H-pyrrole nitrogens is 1. The van der Waals surface area contributed by atoms with Crippen molar-refractivity contribution in [1.29, 1.82) is 0 Å². The van der Waals surface area contributed by atoms with Gasteiger partial charge in [-0.3, -0.25) is 9.69 Å². The van der Waals surface area contributed by atoms with Crippen molar-refractivity contribution in [2.75, 3.05) is 26.3 Å². The van der Waals surface area contributed by atoms with Crippen LogP contribution in [0.15, 0.2) is 54.6 Å². The van der Waals surface area contributed by atoms with Gasteiger partial charge < -0.3 is 15.5 Å². The molecule has 152 valence electrons. The normalized spacial score (nSPS) is 15.1. The summed E-state index contributed by atoms with van der Waals surface area (Å²) < 4.78 is 20.0. The summed E-state index contributed by atoms with van der Waals surface area (Å²) in [6, 6.07) is 16.3.